The lowest BCUT2D eigenvalue weighted by molar-refractivity contribution is 0.390. The highest BCUT2D eigenvalue weighted by Crippen LogP contribution is 2.11. The summed E-state index contributed by atoms with van der Waals surface area (Å²) in [5.41, 5.74) is 6.88. The minimum Gasteiger partial charge on any atom is -0.361 e. The lowest BCUT2D eigenvalue weighted by Crippen LogP contribution is -2.23. The Bertz CT molecular complexity index is 647. The molecule has 1 aromatic heterocycles. The molecule has 0 radical (unpaired) electrons. The second kappa shape index (κ2) is 5.52. The number of nitrogens with one attached hydrogen (secondary N) is 1. The van der Waals surface area contributed by atoms with Gasteiger partial charge in [-0.25, -0.2) is 13.1 Å². The number of rotatable bonds is 5. The number of hydrogen-bond donors (Lipinski definition) is 2. The number of aromatic nitrogens is 1. The van der Waals surface area contributed by atoms with Crippen molar-refractivity contribution in [3.63, 3.8) is 0 Å². The molecule has 0 unspecified atom stereocenters. The summed E-state index contributed by atoms with van der Waals surface area (Å²) in [5.74, 6) is 0.640. The van der Waals surface area contributed by atoms with E-state index >= 15 is 0 Å². The largest absolute Gasteiger partial charge is 0.361 e. The average molecular weight is 281 g/mol. The van der Waals surface area contributed by atoms with Crippen molar-refractivity contribution < 1.29 is 12.9 Å². The Morgan fingerprint density at radius 2 is 2.00 bits per heavy atom. The Balaban J connectivity index is 2.09. The molecule has 0 fully saturated rings. The molecule has 1 heterocycles. The molecule has 2 aromatic rings. The molecule has 0 aliphatic carbocycles. The van der Waals surface area contributed by atoms with E-state index in [-0.39, 0.29) is 11.4 Å². The highest BCUT2D eigenvalue weighted by Gasteiger charge is 2.14. The topological polar surface area (TPSA) is 98.2 Å². The predicted octanol–water partition coefficient (Wildman–Crippen LogP) is 0.920. The zero-order chi connectivity index (χ0) is 13.9. The van der Waals surface area contributed by atoms with Crippen LogP contribution in [-0.4, -0.2) is 13.6 Å². The molecule has 0 atom stereocenters. The van der Waals surface area contributed by atoms with Crippen molar-refractivity contribution in [2.24, 2.45) is 5.73 Å². The van der Waals surface area contributed by atoms with E-state index in [1.807, 2.05) is 0 Å². The first-order valence-corrected chi connectivity index (χ1v) is 7.20. The van der Waals surface area contributed by atoms with Crippen LogP contribution < -0.4 is 10.5 Å². The minimum absolute atomic E-state index is 0.0955. The van der Waals surface area contributed by atoms with Crippen molar-refractivity contribution in [3.05, 3.63) is 47.3 Å². The Morgan fingerprint density at radius 3 is 2.53 bits per heavy atom. The second-order valence-corrected chi connectivity index (χ2v) is 5.87. The van der Waals surface area contributed by atoms with E-state index < -0.39 is 10.0 Å². The average Bonchev–Trinajstić information content (AvgIpc) is 2.82. The van der Waals surface area contributed by atoms with Crippen molar-refractivity contribution >= 4 is 10.0 Å². The van der Waals surface area contributed by atoms with Crippen molar-refractivity contribution in [1.29, 1.82) is 0 Å². The Kier molecular flexibility index (Phi) is 3.98. The van der Waals surface area contributed by atoms with Gasteiger partial charge < -0.3 is 10.3 Å². The fraction of sp³-hybridized carbons (Fsp3) is 0.250. The van der Waals surface area contributed by atoms with Crippen LogP contribution >= 0.6 is 0 Å². The number of benzene rings is 1. The molecule has 1 aromatic carbocycles. The second-order valence-electron chi connectivity index (χ2n) is 4.10. The number of sulfonamides is 1. The molecule has 3 N–H and O–H groups in total. The van der Waals surface area contributed by atoms with Gasteiger partial charge in [0.15, 0.2) is 0 Å². The molecule has 0 spiro atoms. The molecule has 2 rings (SSSR count). The van der Waals surface area contributed by atoms with E-state index in [1.54, 1.807) is 25.1 Å². The van der Waals surface area contributed by atoms with Crippen LogP contribution in [0.25, 0.3) is 0 Å². The molecule has 0 aliphatic heterocycles. The highest BCUT2D eigenvalue weighted by atomic mass is 32.2. The van der Waals surface area contributed by atoms with E-state index in [0.29, 0.717) is 18.0 Å². The van der Waals surface area contributed by atoms with Gasteiger partial charge in [-0.2, -0.15) is 0 Å². The summed E-state index contributed by atoms with van der Waals surface area (Å²) in [4.78, 5) is 0.199. The van der Waals surface area contributed by atoms with Crippen LogP contribution in [0.4, 0.5) is 0 Å². The molecular weight excluding hydrogens is 266 g/mol. The van der Waals surface area contributed by atoms with Crippen LogP contribution in [0.2, 0.25) is 0 Å². The van der Waals surface area contributed by atoms with Crippen LogP contribution in [0, 0.1) is 6.92 Å². The SMILES string of the molecule is Cc1cc(CNS(=O)(=O)c2ccc(CN)cc2)no1. The van der Waals surface area contributed by atoms with Gasteiger partial charge in [0.1, 0.15) is 5.76 Å². The van der Waals surface area contributed by atoms with Crippen LogP contribution in [0.5, 0.6) is 0 Å². The summed E-state index contributed by atoms with van der Waals surface area (Å²) in [7, 11) is -3.55. The monoisotopic (exact) mass is 281 g/mol. The van der Waals surface area contributed by atoms with E-state index in [9.17, 15) is 8.42 Å². The molecule has 19 heavy (non-hydrogen) atoms. The summed E-state index contributed by atoms with van der Waals surface area (Å²) in [5, 5.41) is 3.72. The van der Waals surface area contributed by atoms with Gasteiger partial charge in [-0.05, 0) is 24.6 Å². The van der Waals surface area contributed by atoms with Gasteiger partial charge >= 0.3 is 0 Å². The van der Waals surface area contributed by atoms with Crippen molar-refractivity contribution in [2.75, 3.05) is 0 Å². The maximum atomic E-state index is 12.0. The molecule has 0 aliphatic rings. The quantitative estimate of drug-likeness (QED) is 0.849. The maximum absolute atomic E-state index is 12.0. The molecule has 6 nitrogen and oxygen atoms in total. The van der Waals surface area contributed by atoms with Gasteiger partial charge in [0, 0.05) is 12.6 Å². The van der Waals surface area contributed by atoms with Gasteiger partial charge in [-0.3, -0.25) is 0 Å². The Morgan fingerprint density at radius 1 is 1.32 bits per heavy atom. The van der Waals surface area contributed by atoms with Crippen molar-refractivity contribution in [1.82, 2.24) is 9.88 Å². The smallest absolute Gasteiger partial charge is 0.240 e. The first-order valence-electron chi connectivity index (χ1n) is 5.72. The summed E-state index contributed by atoms with van der Waals surface area (Å²) in [6.07, 6.45) is 0. The fourth-order valence-corrected chi connectivity index (χ4v) is 2.56. The van der Waals surface area contributed by atoms with Gasteiger partial charge in [-0.1, -0.05) is 17.3 Å². The first-order chi connectivity index (χ1) is 9.01. The van der Waals surface area contributed by atoms with Crippen molar-refractivity contribution in [3.8, 4) is 0 Å². The standard InChI is InChI=1S/C12H15N3O3S/c1-9-6-11(15-18-9)8-14-19(16,17)12-4-2-10(7-13)3-5-12/h2-6,14H,7-8,13H2,1H3. The van der Waals surface area contributed by atoms with Crippen LogP contribution in [0.15, 0.2) is 39.8 Å². The van der Waals surface area contributed by atoms with E-state index in [1.165, 1.54) is 12.1 Å². The van der Waals surface area contributed by atoms with E-state index in [0.717, 1.165) is 5.56 Å². The minimum atomic E-state index is -3.55. The third-order valence-corrected chi connectivity index (χ3v) is 4.01. The van der Waals surface area contributed by atoms with Gasteiger partial charge in [0.2, 0.25) is 10.0 Å². The number of hydrogen-bond acceptors (Lipinski definition) is 5. The maximum Gasteiger partial charge on any atom is 0.240 e. The number of nitrogens with two attached hydrogens (primary N) is 1. The molecule has 7 heteroatoms. The van der Waals surface area contributed by atoms with Crippen LogP contribution in [0.3, 0.4) is 0 Å². The molecule has 0 bridgehead atoms. The third kappa shape index (κ3) is 3.40. The lowest BCUT2D eigenvalue weighted by Gasteiger charge is -2.05. The van der Waals surface area contributed by atoms with Crippen molar-refractivity contribution in [2.45, 2.75) is 24.9 Å². The molecule has 0 amide bonds. The van der Waals surface area contributed by atoms with Crippen LogP contribution in [0.1, 0.15) is 17.0 Å². The number of aryl methyl sites for hydroxylation is 1. The van der Waals surface area contributed by atoms with Crippen LogP contribution in [-0.2, 0) is 23.1 Å². The van der Waals surface area contributed by atoms with E-state index in [4.69, 9.17) is 10.3 Å². The Labute approximate surface area is 111 Å². The Hall–Kier alpha value is -1.70. The summed E-state index contributed by atoms with van der Waals surface area (Å²) < 4.78 is 31.4. The van der Waals surface area contributed by atoms with Gasteiger partial charge in [-0.15, -0.1) is 0 Å². The van der Waals surface area contributed by atoms with Gasteiger partial charge in [0.05, 0.1) is 17.1 Å². The highest BCUT2D eigenvalue weighted by molar-refractivity contribution is 7.89. The molecule has 0 saturated heterocycles. The first kappa shape index (κ1) is 13.7. The zero-order valence-electron chi connectivity index (χ0n) is 10.5. The summed E-state index contributed by atoms with van der Waals surface area (Å²) >= 11 is 0. The number of nitrogens with zero attached hydrogens (tertiary/aromatic N) is 1. The summed E-state index contributed by atoms with van der Waals surface area (Å²) in [6.45, 7) is 2.22. The predicted molar refractivity (Wildman–Crippen MR) is 69.6 cm³/mol. The molecular formula is C12H15N3O3S. The third-order valence-electron chi connectivity index (χ3n) is 2.59. The fourth-order valence-electron chi connectivity index (χ4n) is 1.56. The lowest BCUT2D eigenvalue weighted by atomic mass is 10.2. The normalized spacial score (nSPS) is 11.7. The summed E-state index contributed by atoms with van der Waals surface area (Å²) in [6, 6.07) is 8.11. The van der Waals surface area contributed by atoms with E-state index in [2.05, 4.69) is 9.88 Å². The van der Waals surface area contributed by atoms with Gasteiger partial charge in [0.25, 0.3) is 0 Å². The zero-order valence-corrected chi connectivity index (χ0v) is 11.3. The molecule has 102 valence electrons. The molecule has 0 saturated carbocycles.